The van der Waals surface area contributed by atoms with Crippen LogP contribution in [-0.2, 0) is 16.6 Å². The average molecular weight is 332 g/mol. The lowest BCUT2D eigenvalue weighted by Crippen LogP contribution is -2.22. The minimum absolute atomic E-state index is 0.171. The van der Waals surface area contributed by atoms with Crippen molar-refractivity contribution in [2.24, 2.45) is 0 Å². The van der Waals surface area contributed by atoms with Gasteiger partial charge in [0.2, 0.25) is 10.0 Å². The molecule has 20 heavy (non-hydrogen) atoms. The second-order valence-electron chi connectivity index (χ2n) is 4.28. The molecule has 4 nitrogen and oxygen atoms in total. The first-order valence-corrected chi connectivity index (χ1v) is 8.58. The van der Waals surface area contributed by atoms with Crippen LogP contribution in [0.1, 0.15) is 23.5 Å². The Hall–Kier alpha value is -0.920. The van der Waals surface area contributed by atoms with Gasteiger partial charge in [-0.15, -0.1) is 11.3 Å². The number of hydrogen-bond donors (Lipinski definition) is 2. The van der Waals surface area contributed by atoms with Gasteiger partial charge in [0.05, 0.1) is 15.3 Å². The molecule has 0 saturated heterocycles. The third-order valence-corrected chi connectivity index (χ3v) is 5.39. The van der Waals surface area contributed by atoms with Gasteiger partial charge in [0.15, 0.2) is 0 Å². The SMILES string of the molecule is CC(O)c1ccc(S(=O)(=O)NCc2ccc(Cl)s2)cc1. The van der Waals surface area contributed by atoms with Crippen molar-refractivity contribution in [2.45, 2.75) is 24.5 Å². The van der Waals surface area contributed by atoms with E-state index in [4.69, 9.17) is 11.6 Å². The Bertz CT molecular complexity index is 678. The Morgan fingerprint density at radius 1 is 1.25 bits per heavy atom. The predicted octanol–water partition coefficient (Wildman–Crippen LogP) is 2.93. The number of aliphatic hydroxyl groups excluding tert-OH is 1. The van der Waals surface area contributed by atoms with Gasteiger partial charge in [-0.3, -0.25) is 0 Å². The lowest BCUT2D eigenvalue weighted by molar-refractivity contribution is 0.199. The molecule has 0 saturated carbocycles. The molecule has 0 fully saturated rings. The maximum absolute atomic E-state index is 12.1. The Kier molecular flexibility index (Phi) is 4.82. The lowest BCUT2D eigenvalue weighted by atomic mass is 10.1. The minimum atomic E-state index is -3.56. The summed E-state index contributed by atoms with van der Waals surface area (Å²) in [4.78, 5) is 1.02. The zero-order valence-corrected chi connectivity index (χ0v) is 13.1. The normalized spacial score (nSPS) is 13.3. The molecule has 7 heteroatoms. The first-order valence-electron chi connectivity index (χ1n) is 5.90. The maximum Gasteiger partial charge on any atom is 0.240 e. The molecular formula is C13H14ClNO3S2. The molecule has 1 heterocycles. The van der Waals surface area contributed by atoms with Crippen LogP contribution in [0, 0.1) is 0 Å². The molecule has 2 N–H and O–H groups in total. The second kappa shape index (κ2) is 6.24. The monoisotopic (exact) mass is 331 g/mol. The second-order valence-corrected chi connectivity index (χ2v) is 7.84. The molecule has 108 valence electrons. The van der Waals surface area contributed by atoms with Crippen molar-refractivity contribution in [2.75, 3.05) is 0 Å². The molecular weight excluding hydrogens is 318 g/mol. The maximum atomic E-state index is 12.1. The third kappa shape index (κ3) is 3.80. The van der Waals surface area contributed by atoms with Gasteiger partial charge in [0.1, 0.15) is 0 Å². The van der Waals surface area contributed by atoms with Gasteiger partial charge in [-0.25, -0.2) is 13.1 Å². The van der Waals surface area contributed by atoms with E-state index < -0.39 is 16.1 Å². The Labute approximate surface area is 127 Å². The molecule has 1 aromatic carbocycles. The van der Waals surface area contributed by atoms with Crippen LogP contribution in [0.15, 0.2) is 41.3 Å². The van der Waals surface area contributed by atoms with E-state index in [9.17, 15) is 13.5 Å². The summed E-state index contributed by atoms with van der Waals surface area (Å²) in [5.74, 6) is 0. The number of aliphatic hydroxyl groups is 1. The fourth-order valence-electron chi connectivity index (χ4n) is 1.62. The standard InChI is InChI=1S/C13H14ClNO3S2/c1-9(16)10-2-5-12(6-3-10)20(17,18)15-8-11-4-7-13(14)19-11/h2-7,9,15-16H,8H2,1H3. The van der Waals surface area contributed by atoms with Crippen molar-refractivity contribution in [1.82, 2.24) is 4.72 Å². The molecule has 2 rings (SSSR count). The molecule has 0 aliphatic heterocycles. The summed E-state index contributed by atoms with van der Waals surface area (Å²) in [5.41, 5.74) is 0.675. The fourth-order valence-corrected chi connectivity index (χ4v) is 3.75. The van der Waals surface area contributed by atoms with E-state index >= 15 is 0 Å². The summed E-state index contributed by atoms with van der Waals surface area (Å²) in [5, 5.41) is 9.40. The van der Waals surface area contributed by atoms with Gasteiger partial charge in [0, 0.05) is 11.4 Å². The number of nitrogens with one attached hydrogen (secondary N) is 1. The molecule has 2 aromatic rings. The number of halogens is 1. The van der Waals surface area contributed by atoms with Gasteiger partial charge < -0.3 is 5.11 Å². The van der Waals surface area contributed by atoms with E-state index in [0.717, 1.165) is 4.88 Å². The highest BCUT2D eigenvalue weighted by Crippen LogP contribution is 2.22. The highest BCUT2D eigenvalue weighted by atomic mass is 35.5. The summed E-state index contributed by atoms with van der Waals surface area (Å²) in [6.45, 7) is 1.83. The summed E-state index contributed by atoms with van der Waals surface area (Å²) >= 11 is 7.13. The van der Waals surface area contributed by atoms with Crippen molar-refractivity contribution in [1.29, 1.82) is 0 Å². The van der Waals surface area contributed by atoms with Crippen LogP contribution in [0.4, 0.5) is 0 Å². The van der Waals surface area contributed by atoms with Crippen molar-refractivity contribution in [3.8, 4) is 0 Å². The summed E-state index contributed by atoms with van der Waals surface area (Å²) in [7, 11) is -3.56. The number of rotatable bonds is 5. The topological polar surface area (TPSA) is 66.4 Å². The van der Waals surface area contributed by atoms with Gasteiger partial charge in [-0.2, -0.15) is 0 Å². The van der Waals surface area contributed by atoms with Crippen molar-refractivity contribution < 1.29 is 13.5 Å². The van der Waals surface area contributed by atoms with E-state index in [1.54, 1.807) is 31.2 Å². The molecule has 0 amide bonds. The first-order chi connectivity index (χ1) is 9.38. The van der Waals surface area contributed by atoms with Crippen LogP contribution in [0.25, 0.3) is 0 Å². The zero-order chi connectivity index (χ0) is 14.8. The number of benzene rings is 1. The van der Waals surface area contributed by atoms with Gasteiger partial charge in [-0.05, 0) is 36.8 Å². The molecule has 0 radical (unpaired) electrons. The van der Waals surface area contributed by atoms with E-state index in [0.29, 0.717) is 9.90 Å². The molecule has 1 aromatic heterocycles. The molecule has 0 aliphatic rings. The van der Waals surface area contributed by atoms with E-state index in [2.05, 4.69) is 4.72 Å². The van der Waals surface area contributed by atoms with Crippen molar-refractivity contribution >= 4 is 33.0 Å². The highest BCUT2D eigenvalue weighted by Gasteiger charge is 2.14. The molecule has 0 aliphatic carbocycles. The van der Waals surface area contributed by atoms with E-state index in [-0.39, 0.29) is 11.4 Å². The fraction of sp³-hybridized carbons (Fsp3) is 0.231. The smallest absolute Gasteiger partial charge is 0.240 e. The average Bonchev–Trinajstić information content (AvgIpc) is 2.82. The van der Waals surface area contributed by atoms with Gasteiger partial charge in [0.25, 0.3) is 0 Å². The van der Waals surface area contributed by atoms with E-state index in [1.807, 2.05) is 0 Å². The third-order valence-electron chi connectivity index (χ3n) is 2.74. The van der Waals surface area contributed by atoms with Gasteiger partial charge >= 0.3 is 0 Å². The van der Waals surface area contributed by atoms with Gasteiger partial charge in [-0.1, -0.05) is 23.7 Å². The summed E-state index contributed by atoms with van der Waals surface area (Å²) < 4.78 is 27.3. The Morgan fingerprint density at radius 2 is 1.90 bits per heavy atom. The molecule has 1 unspecified atom stereocenters. The Balaban J connectivity index is 2.09. The Morgan fingerprint density at radius 3 is 2.40 bits per heavy atom. The quantitative estimate of drug-likeness (QED) is 0.885. The van der Waals surface area contributed by atoms with Crippen LogP contribution in [-0.4, -0.2) is 13.5 Å². The summed E-state index contributed by atoms with van der Waals surface area (Å²) in [6, 6.07) is 9.67. The zero-order valence-electron chi connectivity index (χ0n) is 10.7. The van der Waals surface area contributed by atoms with Crippen molar-refractivity contribution in [3.05, 3.63) is 51.2 Å². The number of thiophene rings is 1. The highest BCUT2D eigenvalue weighted by molar-refractivity contribution is 7.89. The first kappa shape index (κ1) is 15.5. The van der Waals surface area contributed by atoms with Crippen LogP contribution in [0.3, 0.4) is 0 Å². The molecule has 0 spiro atoms. The van der Waals surface area contributed by atoms with Crippen LogP contribution in [0.5, 0.6) is 0 Å². The molecule has 1 atom stereocenters. The number of hydrogen-bond acceptors (Lipinski definition) is 4. The van der Waals surface area contributed by atoms with E-state index in [1.165, 1.54) is 23.5 Å². The summed E-state index contributed by atoms with van der Waals surface area (Å²) in [6.07, 6.45) is -0.618. The minimum Gasteiger partial charge on any atom is -0.389 e. The van der Waals surface area contributed by atoms with Crippen LogP contribution in [0.2, 0.25) is 4.34 Å². The number of sulfonamides is 1. The lowest BCUT2D eigenvalue weighted by Gasteiger charge is -2.08. The predicted molar refractivity (Wildman–Crippen MR) is 80.4 cm³/mol. The van der Waals surface area contributed by atoms with Crippen molar-refractivity contribution in [3.63, 3.8) is 0 Å². The van der Waals surface area contributed by atoms with Crippen LogP contribution >= 0.6 is 22.9 Å². The largest absolute Gasteiger partial charge is 0.389 e. The molecule has 0 bridgehead atoms. The van der Waals surface area contributed by atoms with Crippen LogP contribution < -0.4 is 4.72 Å².